The molecule has 2 rings (SSSR count). The van der Waals surface area contributed by atoms with Crippen LogP contribution in [0.15, 0.2) is 18.2 Å². The highest BCUT2D eigenvalue weighted by Crippen LogP contribution is 2.23. The average molecular weight is 349 g/mol. The third kappa shape index (κ3) is 5.32. The van der Waals surface area contributed by atoms with Gasteiger partial charge in [0.1, 0.15) is 11.9 Å². The molecule has 1 aromatic carbocycles. The fourth-order valence-electron chi connectivity index (χ4n) is 2.61. The summed E-state index contributed by atoms with van der Waals surface area (Å²) in [5, 5.41) is 0. The number of halogens is 3. The summed E-state index contributed by atoms with van der Waals surface area (Å²) in [6, 6.07) is 2.81. The first-order chi connectivity index (χ1) is 10.5. The molecule has 0 aliphatic carbocycles. The summed E-state index contributed by atoms with van der Waals surface area (Å²) in [6.45, 7) is 3.08. The van der Waals surface area contributed by atoms with Crippen LogP contribution in [0.4, 0.5) is 8.78 Å². The minimum atomic E-state index is -0.705. The lowest BCUT2D eigenvalue weighted by atomic mass is 10.1. The van der Waals surface area contributed by atoms with Gasteiger partial charge >= 0.3 is 0 Å². The SMILES string of the molecule is CCCC(N)C(=O)N1CCC(Oc2ccc(F)cc2F)CC1.Cl. The van der Waals surface area contributed by atoms with Crippen LogP contribution in [0, 0.1) is 11.6 Å². The molecule has 0 aromatic heterocycles. The second-order valence-corrected chi connectivity index (χ2v) is 5.61. The van der Waals surface area contributed by atoms with Gasteiger partial charge in [-0.25, -0.2) is 8.78 Å². The first-order valence-electron chi connectivity index (χ1n) is 7.67. The van der Waals surface area contributed by atoms with Crippen LogP contribution in [0.25, 0.3) is 0 Å². The van der Waals surface area contributed by atoms with E-state index in [4.69, 9.17) is 10.5 Å². The number of hydrogen-bond acceptors (Lipinski definition) is 3. The van der Waals surface area contributed by atoms with Gasteiger partial charge in [0, 0.05) is 32.0 Å². The Balaban J connectivity index is 0.00000264. The van der Waals surface area contributed by atoms with E-state index < -0.39 is 17.7 Å². The molecule has 0 saturated carbocycles. The number of rotatable bonds is 5. The Morgan fingerprint density at radius 1 is 1.39 bits per heavy atom. The number of ether oxygens (including phenoxy) is 1. The third-order valence-corrected chi connectivity index (χ3v) is 3.86. The van der Waals surface area contributed by atoms with Gasteiger partial charge in [-0.1, -0.05) is 13.3 Å². The fourth-order valence-corrected chi connectivity index (χ4v) is 2.61. The Bertz CT molecular complexity index is 523. The monoisotopic (exact) mass is 348 g/mol. The lowest BCUT2D eigenvalue weighted by molar-refractivity contribution is -0.134. The van der Waals surface area contributed by atoms with Crippen molar-refractivity contribution in [2.45, 2.75) is 44.8 Å². The second kappa shape index (κ2) is 9.03. The van der Waals surface area contributed by atoms with Gasteiger partial charge in [0.05, 0.1) is 6.04 Å². The van der Waals surface area contributed by atoms with Crippen molar-refractivity contribution in [2.75, 3.05) is 13.1 Å². The van der Waals surface area contributed by atoms with Crippen LogP contribution in [-0.4, -0.2) is 36.0 Å². The highest BCUT2D eigenvalue weighted by molar-refractivity contribution is 5.85. The van der Waals surface area contributed by atoms with Gasteiger partial charge in [-0.05, 0) is 18.6 Å². The Kier molecular flexibility index (Phi) is 7.72. The molecule has 1 aliphatic heterocycles. The van der Waals surface area contributed by atoms with Crippen molar-refractivity contribution in [2.24, 2.45) is 5.73 Å². The van der Waals surface area contributed by atoms with Crippen LogP contribution in [0.5, 0.6) is 5.75 Å². The van der Waals surface area contributed by atoms with Gasteiger partial charge in [-0.2, -0.15) is 0 Å². The molecule has 0 radical (unpaired) electrons. The summed E-state index contributed by atoms with van der Waals surface area (Å²) in [5.41, 5.74) is 5.84. The van der Waals surface area contributed by atoms with Crippen LogP contribution in [0.1, 0.15) is 32.6 Å². The zero-order chi connectivity index (χ0) is 16.1. The number of likely N-dealkylation sites (tertiary alicyclic amines) is 1. The molecule has 1 unspecified atom stereocenters. The quantitative estimate of drug-likeness (QED) is 0.890. The molecule has 1 heterocycles. The normalized spacial score (nSPS) is 16.6. The van der Waals surface area contributed by atoms with Crippen molar-refractivity contribution in [3.8, 4) is 5.75 Å². The maximum Gasteiger partial charge on any atom is 0.239 e. The summed E-state index contributed by atoms with van der Waals surface area (Å²) >= 11 is 0. The number of amides is 1. The lowest BCUT2D eigenvalue weighted by Crippen LogP contribution is -2.48. The van der Waals surface area contributed by atoms with Crippen molar-refractivity contribution >= 4 is 18.3 Å². The van der Waals surface area contributed by atoms with Crippen LogP contribution in [0.3, 0.4) is 0 Å². The van der Waals surface area contributed by atoms with E-state index in [9.17, 15) is 13.6 Å². The van der Waals surface area contributed by atoms with Crippen molar-refractivity contribution in [1.29, 1.82) is 0 Å². The highest BCUT2D eigenvalue weighted by Gasteiger charge is 2.27. The summed E-state index contributed by atoms with van der Waals surface area (Å²) in [5.74, 6) is -1.32. The molecule has 1 fully saturated rings. The molecule has 0 spiro atoms. The fraction of sp³-hybridized carbons (Fsp3) is 0.562. The average Bonchev–Trinajstić information content (AvgIpc) is 2.50. The Morgan fingerprint density at radius 3 is 2.61 bits per heavy atom. The topological polar surface area (TPSA) is 55.6 Å². The zero-order valence-electron chi connectivity index (χ0n) is 13.1. The predicted molar refractivity (Wildman–Crippen MR) is 86.7 cm³/mol. The van der Waals surface area contributed by atoms with E-state index in [1.165, 1.54) is 12.1 Å². The minimum Gasteiger partial charge on any atom is -0.487 e. The van der Waals surface area contributed by atoms with Gasteiger partial charge in [0.2, 0.25) is 5.91 Å². The molecule has 130 valence electrons. The molecule has 1 amide bonds. The van der Waals surface area contributed by atoms with E-state index >= 15 is 0 Å². The smallest absolute Gasteiger partial charge is 0.239 e. The van der Waals surface area contributed by atoms with Gasteiger partial charge in [0.15, 0.2) is 11.6 Å². The number of nitrogens with two attached hydrogens (primary N) is 1. The van der Waals surface area contributed by atoms with E-state index in [1.807, 2.05) is 6.92 Å². The number of hydrogen-bond donors (Lipinski definition) is 1. The van der Waals surface area contributed by atoms with E-state index in [-0.39, 0.29) is 30.2 Å². The summed E-state index contributed by atoms with van der Waals surface area (Å²) in [7, 11) is 0. The molecule has 23 heavy (non-hydrogen) atoms. The van der Waals surface area contributed by atoms with Gasteiger partial charge in [0.25, 0.3) is 0 Å². The molecule has 1 aliphatic rings. The molecular formula is C16H23ClF2N2O2. The van der Waals surface area contributed by atoms with Gasteiger partial charge < -0.3 is 15.4 Å². The number of nitrogens with zero attached hydrogens (tertiary/aromatic N) is 1. The Labute approximate surface area is 141 Å². The molecule has 1 aromatic rings. The third-order valence-electron chi connectivity index (χ3n) is 3.86. The number of benzene rings is 1. The summed E-state index contributed by atoms with van der Waals surface area (Å²) in [4.78, 5) is 13.8. The van der Waals surface area contributed by atoms with Gasteiger partial charge in [-0.15, -0.1) is 12.4 Å². The second-order valence-electron chi connectivity index (χ2n) is 5.61. The Morgan fingerprint density at radius 2 is 2.04 bits per heavy atom. The van der Waals surface area contributed by atoms with Crippen LogP contribution >= 0.6 is 12.4 Å². The molecule has 2 N–H and O–H groups in total. The first kappa shape index (κ1) is 19.6. The lowest BCUT2D eigenvalue weighted by Gasteiger charge is -2.33. The zero-order valence-corrected chi connectivity index (χ0v) is 14.0. The van der Waals surface area contributed by atoms with Crippen LogP contribution < -0.4 is 10.5 Å². The summed E-state index contributed by atoms with van der Waals surface area (Å²) in [6.07, 6.45) is 2.60. The minimum absolute atomic E-state index is 0. The van der Waals surface area contributed by atoms with Crippen molar-refractivity contribution in [3.05, 3.63) is 29.8 Å². The van der Waals surface area contributed by atoms with E-state index in [2.05, 4.69) is 0 Å². The molecule has 4 nitrogen and oxygen atoms in total. The number of carbonyl (C=O) groups is 1. The molecular weight excluding hydrogens is 326 g/mol. The maximum atomic E-state index is 13.6. The number of piperidine rings is 1. The number of carbonyl (C=O) groups excluding carboxylic acids is 1. The van der Waals surface area contributed by atoms with Gasteiger partial charge in [-0.3, -0.25) is 4.79 Å². The van der Waals surface area contributed by atoms with Crippen molar-refractivity contribution in [3.63, 3.8) is 0 Å². The standard InChI is InChI=1S/C16H22F2N2O2.ClH/c1-2-3-14(19)16(21)20-8-6-12(7-9-20)22-15-5-4-11(17)10-13(15)18;/h4-5,10,12,14H,2-3,6-9,19H2,1H3;1H. The molecule has 7 heteroatoms. The molecule has 1 saturated heterocycles. The van der Waals surface area contributed by atoms with E-state index in [0.29, 0.717) is 32.4 Å². The van der Waals surface area contributed by atoms with E-state index in [1.54, 1.807) is 4.90 Å². The molecule has 0 bridgehead atoms. The first-order valence-corrected chi connectivity index (χ1v) is 7.67. The van der Waals surface area contributed by atoms with E-state index in [0.717, 1.165) is 12.5 Å². The van der Waals surface area contributed by atoms with Crippen molar-refractivity contribution in [1.82, 2.24) is 4.90 Å². The maximum absolute atomic E-state index is 13.6. The summed E-state index contributed by atoms with van der Waals surface area (Å²) < 4.78 is 32.0. The largest absolute Gasteiger partial charge is 0.487 e. The Hall–Kier alpha value is -1.40. The molecule has 1 atom stereocenters. The van der Waals surface area contributed by atoms with Crippen LogP contribution in [0.2, 0.25) is 0 Å². The highest BCUT2D eigenvalue weighted by atomic mass is 35.5. The van der Waals surface area contributed by atoms with Crippen molar-refractivity contribution < 1.29 is 18.3 Å². The van der Waals surface area contributed by atoms with Crippen LogP contribution in [-0.2, 0) is 4.79 Å². The predicted octanol–water partition coefficient (Wildman–Crippen LogP) is 2.88.